The van der Waals surface area contributed by atoms with Crippen molar-refractivity contribution < 1.29 is 8.42 Å². The monoisotopic (exact) mass is 288 g/mol. The normalized spacial score (nSPS) is 31.3. The Morgan fingerprint density at radius 1 is 1.21 bits per heavy atom. The first kappa shape index (κ1) is 15.3. The van der Waals surface area contributed by atoms with Crippen LogP contribution in [0.1, 0.15) is 40.5 Å². The van der Waals surface area contributed by atoms with E-state index in [0.29, 0.717) is 35.9 Å². The summed E-state index contributed by atoms with van der Waals surface area (Å²) in [6, 6.07) is 0.550. The molecule has 0 aromatic carbocycles. The maximum absolute atomic E-state index is 11.6. The molecule has 1 saturated carbocycles. The van der Waals surface area contributed by atoms with E-state index < -0.39 is 10.0 Å². The third-order valence-corrected chi connectivity index (χ3v) is 6.85. The smallest absolute Gasteiger partial charge is 0.211 e. The van der Waals surface area contributed by atoms with Crippen molar-refractivity contribution in [2.45, 2.75) is 46.6 Å². The summed E-state index contributed by atoms with van der Waals surface area (Å²) in [6.07, 6.45) is 3.43. The molecule has 0 aromatic heterocycles. The molecule has 112 valence electrons. The Kier molecular flexibility index (Phi) is 3.78. The number of sulfonamides is 1. The van der Waals surface area contributed by atoms with Crippen LogP contribution in [0.4, 0.5) is 0 Å². The van der Waals surface area contributed by atoms with E-state index in [1.54, 1.807) is 4.31 Å². The van der Waals surface area contributed by atoms with E-state index in [1.165, 1.54) is 6.26 Å². The molecule has 0 aromatic rings. The second kappa shape index (κ2) is 4.71. The average Bonchev–Trinajstić information content (AvgIpc) is 2.66. The van der Waals surface area contributed by atoms with Gasteiger partial charge in [-0.15, -0.1) is 0 Å². The lowest BCUT2D eigenvalue weighted by molar-refractivity contribution is 0.258. The van der Waals surface area contributed by atoms with Crippen LogP contribution >= 0.6 is 0 Å². The van der Waals surface area contributed by atoms with E-state index in [2.05, 4.69) is 33.0 Å². The van der Waals surface area contributed by atoms with Gasteiger partial charge in [0.2, 0.25) is 10.0 Å². The fourth-order valence-corrected chi connectivity index (χ4v) is 4.43. The number of piperidine rings is 1. The fraction of sp³-hybridized carbons (Fsp3) is 1.00. The van der Waals surface area contributed by atoms with Crippen molar-refractivity contribution in [1.29, 1.82) is 0 Å². The quantitative estimate of drug-likeness (QED) is 0.856. The molecule has 1 atom stereocenters. The molecule has 1 aliphatic heterocycles. The third kappa shape index (κ3) is 2.83. The van der Waals surface area contributed by atoms with Crippen molar-refractivity contribution in [2.75, 3.05) is 25.9 Å². The lowest BCUT2D eigenvalue weighted by Gasteiger charge is -2.31. The van der Waals surface area contributed by atoms with Crippen LogP contribution < -0.4 is 5.32 Å². The fourth-order valence-electron chi connectivity index (χ4n) is 3.49. The van der Waals surface area contributed by atoms with Gasteiger partial charge in [-0.25, -0.2) is 12.7 Å². The van der Waals surface area contributed by atoms with Crippen LogP contribution in [-0.2, 0) is 10.0 Å². The van der Waals surface area contributed by atoms with Crippen LogP contribution in [0.3, 0.4) is 0 Å². The van der Waals surface area contributed by atoms with Crippen LogP contribution in [0.25, 0.3) is 0 Å². The van der Waals surface area contributed by atoms with E-state index in [-0.39, 0.29) is 0 Å². The van der Waals surface area contributed by atoms with Crippen molar-refractivity contribution in [3.05, 3.63) is 0 Å². The molecule has 5 heteroatoms. The predicted molar refractivity (Wildman–Crippen MR) is 78.5 cm³/mol. The Bertz CT molecular complexity index is 428. The summed E-state index contributed by atoms with van der Waals surface area (Å²) in [7, 11) is -3.02. The molecule has 0 amide bonds. The van der Waals surface area contributed by atoms with Crippen molar-refractivity contribution in [3.63, 3.8) is 0 Å². The Balaban J connectivity index is 1.85. The SMILES string of the molecule is CC1(C)C(NCC2CCCN(S(C)(=O)=O)C2)C1(C)C. The van der Waals surface area contributed by atoms with Gasteiger partial charge in [0.15, 0.2) is 0 Å². The number of hydrogen-bond acceptors (Lipinski definition) is 3. The minimum atomic E-state index is -3.02. The number of rotatable bonds is 4. The van der Waals surface area contributed by atoms with E-state index in [0.717, 1.165) is 19.4 Å². The highest BCUT2D eigenvalue weighted by molar-refractivity contribution is 7.88. The van der Waals surface area contributed by atoms with Crippen LogP contribution in [0, 0.1) is 16.7 Å². The summed E-state index contributed by atoms with van der Waals surface area (Å²) < 4.78 is 24.8. The van der Waals surface area contributed by atoms with Gasteiger partial charge in [-0.05, 0) is 36.1 Å². The van der Waals surface area contributed by atoms with Crippen LogP contribution in [0.15, 0.2) is 0 Å². The summed E-state index contributed by atoms with van der Waals surface area (Å²) in [5.74, 6) is 0.454. The van der Waals surface area contributed by atoms with Gasteiger partial charge in [0.25, 0.3) is 0 Å². The predicted octanol–water partition coefficient (Wildman–Crippen LogP) is 1.68. The van der Waals surface area contributed by atoms with Gasteiger partial charge in [0, 0.05) is 19.1 Å². The molecule has 0 spiro atoms. The van der Waals surface area contributed by atoms with Crippen LogP contribution in [0.2, 0.25) is 0 Å². The standard InChI is InChI=1S/C14H28N2O2S/c1-13(2)12(14(13,3)4)15-9-11-7-6-8-16(10-11)19(5,17)18/h11-12,15H,6-10H2,1-5H3. The topological polar surface area (TPSA) is 49.4 Å². The molecule has 1 unspecified atom stereocenters. The van der Waals surface area contributed by atoms with Crippen molar-refractivity contribution in [3.8, 4) is 0 Å². The van der Waals surface area contributed by atoms with Crippen molar-refractivity contribution >= 4 is 10.0 Å². The Hall–Kier alpha value is -0.130. The van der Waals surface area contributed by atoms with Gasteiger partial charge < -0.3 is 5.32 Å². The van der Waals surface area contributed by atoms with E-state index in [9.17, 15) is 8.42 Å². The molecule has 4 nitrogen and oxygen atoms in total. The van der Waals surface area contributed by atoms with E-state index >= 15 is 0 Å². The third-order valence-electron chi connectivity index (χ3n) is 5.58. The zero-order valence-corrected chi connectivity index (χ0v) is 13.7. The summed E-state index contributed by atoms with van der Waals surface area (Å²) in [6.45, 7) is 11.5. The molecule has 2 rings (SSSR count). The minimum Gasteiger partial charge on any atom is -0.313 e. The molecule has 1 aliphatic carbocycles. The van der Waals surface area contributed by atoms with Crippen molar-refractivity contribution in [1.82, 2.24) is 9.62 Å². The molecule has 1 saturated heterocycles. The molecular formula is C14H28N2O2S. The van der Waals surface area contributed by atoms with Gasteiger partial charge >= 0.3 is 0 Å². The Labute approximate surface area is 118 Å². The van der Waals surface area contributed by atoms with Crippen LogP contribution in [-0.4, -0.2) is 44.7 Å². The van der Waals surface area contributed by atoms with Gasteiger partial charge in [-0.2, -0.15) is 0 Å². The Morgan fingerprint density at radius 3 is 2.26 bits per heavy atom. The lowest BCUT2D eigenvalue weighted by Crippen LogP contribution is -2.43. The number of nitrogens with one attached hydrogen (secondary N) is 1. The molecule has 2 aliphatic rings. The molecule has 1 N–H and O–H groups in total. The maximum Gasteiger partial charge on any atom is 0.211 e. The second-order valence-electron chi connectivity index (χ2n) is 7.41. The molecule has 1 heterocycles. The molecule has 19 heavy (non-hydrogen) atoms. The first-order chi connectivity index (χ1) is 8.57. The molecule has 0 bridgehead atoms. The highest BCUT2D eigenvalue weighted by Gasteiger charge is 2.64. The first-order valence-electron chi connectivity index (χ1n) is 7.25. The molecular weight excluding hydrogens is 260 g/mol. The van der Waals surface area contributed by atoms with Crippen molar-refractivity contribution in [2.24, 2.45) is 16.7 Å². The highest BCUT2D eigenvalue weighted by atomic mass is 32.2. The van der Waals surface area contributed by atoms with Gasteiger partial charge in [0.05, 0.1) is 6.26 Å². The zero-order valence-electron chi connectivity index (χ0n) is 12.9. The molecule has 0 radical (unpaired) electrons. The molecule has 2 fully saturated rings. The zero-order chi connectivity index (χ0) is 14.5. The summed E-state index contributed by atoms with van der Waals surface area (Å²) in [5, 5.41) is 3.66. The largest absolute Gasteiger partial charge is 0.313 e. The average molecular weight is 288 g/mol. The van der Waals surface area contributed by atoms with E-state index in [4.69, 9.17) is 0 Å². The number of hydrogen-bond donors (Lipinski definition) is 1. The maximum atomic E-state index is 11.6. The van der Waals surface area contributed by atoms with Crippen LogP contribution in [0.5, 0.6) is 0 Å². The lowest BCUT2D eigenvalue weighted by atomic mass is 9.99. The Morgan fingerprint density at radius 2 is 1.79 bits per heavy atom. The van der Waals surface area contributed by atoms with Gasteiger partial charge in [0.1, 0.15) is 0 Å². The highest BCUT2D eigenvalue weighted by Crippen LogP contribution is 2.62. The summed E-state index contributed by atoms with van der Waals surface area (Å²) in [4.78, 5) is 0. The van der Waals surface area contributed by atoms with Gasteiger partial charge in [-0.1, -0.05) is 27.7 Å². The van der Waals surface area contributed by atoms with Gasteiger partial charge in [-0.3, -0.25) is 0 Å². The minimum absolute atomic E-state index is 0.345. The first-order valence-corrected chi connectivity index (χ1v) is 9.10. The number of nitrogens with zero attached hydrogens (tertiary/aromatic N) is 1. The summed E-state index contributed by atoms with van der Waals surface area (Å²) in [5.41, 5.74) is 0.691. The summed E-state index contributed by atoms with van der Waals surface area (Å²) >= 11 is 0. The van der Waals surface area contributed by atoms with E-state index in [1.807, 2.05) is 0 Å². The second-order valence-corrected chi connectivity index (χ2v) is 9.40.